The van der Waals surface area contributed by atoms with E-state index in [0.717, 1.165) is 30.1 Å². The van der Waals surface area contributed by atoms with Crippen LogP contribution in [-0.2, 0) is 17.8 Å². The number of piperazine rings is 1. The van der Waals surface area contributed by atoms with Crippen LogP contribution in [0.4, 0.5) is 15.8 Å². The van der Waals surface area contributed by atoms with Crippen LogP contribution in [0.15, 0.2) is 72.8 Å². The highest BCUT2D eigenvalue weighted by atomic mass is 19.1. The van der Waals surface area contributed by atoms with Crippen molar-refractivity contribution in [3.8, 4) is 5.75 Å². The molecule has 9 heteroatoms. The van der Waals surface area contributed by atoms with Crippen LogP contribution in [0.5, 0.6) is 5.75 Å². The van der Waals surface area contributed by atoms with E-state index in [1.165, 1.54) is 18.2 Å². The van der Waals surface area contributed by atoms with Crippen LogP contribution in [0.25, 0.3) is 0 Å². The zero-order valence-corrected chi connectivity index (χ0v) is 20.4. The number of carbonyl (C=O) groups is 1. The Kier molecular flexibility index (Phi) is 7.32. The molecule has 192 valence electrons. The maximum atomic E-state index is 13.6. The fourth-order valence-corrected chi connectivity index (χ4v) is 5.26. The number of nitrogens with zero attached hydrogens (tertiary/aromatic N) is 3. The Morgan fingerprint density at radius 2 is 1.92 bits per heavy atom. The molecule has 0 spiro atoms. The number of anilines is 1. The number of ether oxygens (including phenoxy) is 1. The first-order valence-corrected chi connectivity index (χ1v) is 12.4. The van der Waals surface area contributed by atoms with E-state index in [1.54, 1.807) is 24.3 Å². The Hall–Kier alpha value is -3.98. The minimum atomic E-state index is -0.407. The first kappa shape index (κ1) is 24.7. The highest BCUT2D eigenvalue weighted by Gasteiger charge is 2.41. The molecule has 0 aliphatic carbocycles. The molecule has 1 saturated heterocycles. The molecular formula is C28H29FN4O4. The van der Waals surface area contributed by atoms with Crippen LogP contribution in [0, 0.1) is 21.8 Å². The zero-order valence-electron chi connectivity index (χ0n) is 20.4. The molecule has 37 heavy (non-hydrogen) atoms. The fourth-order valence-electron chi connectivity index (χ4n) is 5.26. The molecule has 2 atom stereocenters. The van der Waals surface area contributed by atoms with Crippen molar-refractivity contribution in [1.82, 2.24) is 10.2 Å². The number of amides is 1. The van der Waals surface area contributed by atoms with Crippen molar-refractivity contribution in [1.29, 1.82) is 0 Å². The highest BCUT2D eigenvalue weighted by Crippen LogP contribution is 2.38. The molecular weight excluding hydrogens is 475 g/mol. The number of hydrogen-bond donors (Lipinski definition) is 1. The number of halogens is 1. The molecule has 1 N–H and O–H groups in total. The monoisotopic (exact) mass is 504 g/mol. The number of rotatable bonds is 8. The predicted octanol–water partition coefficient (Wildman–Crippen LogP) is 3.79. The summed E-state index contributed by atoms with van der Waals surface area (Å²) in [6.07, 6.45) is 0.404. The molecule has 2 aliphatic rings. The van der Waals surface area contributed by atoms with Gasteiger partial charge in [-0.15, -0.1) is 0 Å². The Morgan fingerprint density at radius 3 is 2.70 bits per heavy atom. The van der Waals surface area contributed by atoms with Crippen molar-refractivity contribution < 1.29 is 18.8 Å². The third kappa shape index (κ3) is 5.72. The Bertz CT molecular complexity index is 1270. The van der Waals surface area contributed by atoms with Crippen LogP contribution in [0.1, 0.15) is 11.1 Å². The number of hydrogen-bond acceptors (Lipinski definition) is 6. The zero-order chi connectivity index (χ0) is 25.8. The van der Waals surface area contributed by atoms with E-state index in [9.17, 15) is 19.3 Å². The normalized spacial score (nSPS) is 19.0. The van der Waals surface area contributed by atoms with Gasteiger partial charge >= 0.3 is 0 Å². The molecule has 1 fully saturated rings. The summed E-state index contributed by atoms with van der Waals surface area (Å²) in [5, 5.41) is 14.3. The van der Waals surface area contributed by atoms with Gasteiger partial charge in [0.05, 0.1) is 16.9 Å². The average Bonchev–Trinajstić information content (AvgIpc) is 2.91. The molecule has 0 saturated carbocycles. The lowest BCUT2D eigenvalue weighted by molar-refractivity contribution is -0.384. The predicted molar refractivity (Wildman–Crippen MR) is 138 cm³/mol. The van der Waals surface area contributed by atoms with Crippen LogP contribution in [0.2, 0.25) is 0 Å². The SMILES string of the molecule is O=C(NCc1cccc(F)c1)C1Cc2cc([N+](=O)[O-])ccc2N2CCN(CCOc3ccccc3)CC12. The molecule has 5 rings (SSSR count). The summed E-state index contributed by atoms with van der Waals surface area (Å²) in [5.41, 5.74) is 2.45. The van der Waals surface area contributed by atoms with E-state index in [-0.39, 0.29) is 30.0 Å². The highest BCUT2D eigenvalue weighted by molar-refractivity contribution is 5.82. The fraction of sp³-hybridized carbons (Fsp3) is 0.321. The lowest BCUT2D eigenvalue weighted by Crippen LogP contribution is -2.61. The summed E-state index contributed by atoms with van der Waals surface area (Å²) in [6.45, 7) is 3.65. The second-order valence-electron chi connectivity index (χ2n) is 9.45. The molecule has 0 bridgehead atoms. The van der Waals surface area contributed by atoms with Crippen molar-refractivity contribution in [2.24, 2.45) is 5.92 Å². The lowest BCUT2D eigenvalue weighted by Gasteiger charge is -2.49. The first-order valence-electron chi connectivity index (χ1n) is 12.4. The number of benzene rings is 3. The molecule has 0 aromatic heterocycles. The molecule has 2 unspecified atom stereocenters. The van der Waals surface area contributed by atoms with E-state index >= 15 is 0 Å². The van der Waals surface area contributed by atoms with Gasteiger partial charge in [0.25, 0.3) is 5.69 Å². The van der Waals surface area contributed by atoms with Gasteiger partial charge in [-0.3, -0.25) is 19.8 Å². The number of carbonyl (C=O) groups excluding carboxylic acids is 1. The lowest BCUT2D eigenvalue weighted by atomic mass is 9.83. The standard InChI is InChI=1S/C28H29FN4O4/c29-22-6-4-5-20(15-22)18-30-28(34)25-17-21-16-23(33(35)36)9-10-26(21)32-12-11-31(19-27(25)32)13-14-37-24-7-2-1-3-8-24/h1-10,15-16,25,27H,11-14,17-19H2,(H,30,34). The summed E-state index contributed by atoms with van der Waals surface area (Å²) in [5.74, 6) is -0.0684. The second-order valence-corrected chi connectivity index (χ2v) is 9.45. The van der Waals surface area contributed by atoms with Crippen LogP contribution in [-0.4, -0.2) is 54.6 Å². The van der Waals surface area contributed by atoms with E-state index < -0.39 is 10.8 Å². The van der Waals surface area contributed by atoms with Gasteiger partial charge in [-0.05, 0) is 47.9 Å². The first-order chi connectivity index (χ1) is 18.0. The van der Waals surface area contributed by atoms with Crippen molar-refractivity contribution in [2.75, 3.05) is 37.7 Å². The van der Waals surface area contributed by atoms with Gasteiger partial charge in [-0.2, -0.15) is 0 Å². The maximum Gasteiger partial charge on any atom is 0.269 e. The van der Waals surface area contributed by atoms with Gasteiger partial charge in [0.1, 0.15) is 18.2 Å². The number of non-ortho nitro benzene ring substituents is 1. The van der Waals surface area contributed by atoms with Crippen LogP contribution >= 0.6 is 0 Å². The largest absolute Gasteiger partial charge is 0.492 e. The third-order valence-corrected chi connectivity index (χ3v) is 7.10. The molecule has 2 heterocycles. The summed E-state index contributed by atoms with van der Waals surface area (Å²) >= 11 is 0. The van der Waals surface area contributed by atoms with Crippen molar-refractivity contribution in [2.45, 2.75) is 19.0 Å². The molecule has 8 nitrogen and oxygen atoms in total. The van der Waals surface area contributed by atoms with Gasteiger partial charge in [-0.25, -0.2) is 4.39 Å². The van der Waals surface area contributed by atoms with Gasteiger partial charge in [0.15, 0.2) is 0 Å². The number of fused-ring (bicyclic) bond motifs is 3. The molecule has 3 aromatic carbocycles. The van der Waals surface area contributed by atoms with Crippen LogP contribution in [0.3, 0.4) is 0 Å². The van der Waals surface area contributed by atoms with Gasteiger partial charge < -0.3 is 15.0 Å². The smallest absolute Gasteiger partial charge is 0.269 e. The maximum absolute atomic E-state index is 13.6. The van der Waals surface area contributed by atoms with E-state index in [2.05, 4.69) is 15.1 Å². The molecule has 0 radical (unpaired) electrons. The summed E-state index contributed by atoms with van der Waals surface area (Å²) < 4.78 is 19.5. The van der Waals surface area contributed by atoms with Crippen molar-refractivity contribution in [3.63, 3.8) is 0 Å². The second kappa shape index (κ2) is 11.0. The van der Waals surface area contributed by atoms with Crippen molar-refractivity contribution in [3.05, 3.63) is 99.9 Å². The number of para-hydroxylation sites is 1. The minimum absolute atomic E-state index is 0.0211. The van der Waals surface area contributed by atoms with E-state index in [1.807, 2.05) is 30.3 Å². The van der Waals surface area contributed by atoms with Gasteiger partial charge in [-0.1, -0.05) is 30.3 Å². The number of nitro groups is 1. The van der Waals surface area contributed by atoms with E-state index in [0.29, 0.717) is 31.7 Å². The number of nitro benzene ring substituents is 1. The summed E-state index contributed by atoms with van der Waals surface area (Å²) in [6, 6.07) is 20.6. The minimum Gasteiger partial charge on any atom is -0.492 e. The summed E-state index contributed by atoms with van der Waals surface area (Å²) in [7, 11) is 0. The van der Waals surface area contributed by atoms with Crippen molar-refractivity contribution >= 4 is 17.3 Å². The molecule has 2 aliphatic heterocycles. The Balaban J connectivity index is 1.32. The van der Waals surface area contributed by atoms with Crippen LogP contribution < -0.4 is 15.0 Å². The number of nitrogens with one attached hydrogen (secondary N) is 1. The third-order valence-electron chi connectivity index (χ3n) is 7.10. The average molecular weight is 505 g/mol. The molecule has 1 amide bonds. The summed E-state index contributed by atoms with van der Waals surface area (Å²) in [4.78, 5) is 28.9. The van der Waals surface area contributed by atoms with Gasteiger partial charge in [0.2, 0.25) is 5.91 Å². The Labute approximate surface area is 214 Å². The van der Waals surface area contributed by atoms with Gasteiger partial charge in [0, 0.05) is 50.5 Å². The molecule has 3 aromatic rings. The van der Waals surface area contributed by atoms with E-state index in [4.69, 9.17) is 4.74 Å². The topological polar surface area (TPSA) is 87.9 Å². The quantitative estimate of drug-likeness (QED) is 0.371. The Morgan fingerprint density at radius 1 is 1.08 bits per heavy atom.